The molecule has 3 aromatic rings. The lowest BCUT2D eigenvalue weighted by Gasteiger charge is -2.30. The molecule has 2 aromatic heterocycles. The Morgan fingerprint density at radius 3 is 2.68 bits per heavy atom. The molecule has 4 rings (SSSR count). The lowest BCUT2D eigenvalue weighted by Crippen LogP contribution is -2.45. The Bertz CT molecular complexity index is 1080. The molecule has 34 heavy (non-hydrogen) atoms. The van der Waals surface area contributed by atoms with Crippen molar-refractivity contribution in [1.82, 2.24) is 30.3 Å². The Morgan fingerprint density at radius 2 is 1.94 bits per heavy atom. The van der Waals surface area contributed by atoms with Crippen LogP contribution in [0.4, 0.5) is 0 Å². The zero-order valence-corrected chi connectivity index (χ0v) is 19.6. The third-order valence-corrected chi connectivity index (χ3v) is 6.24. The molecule has 1 aliphatic rings. The molecule has 180 valence electrons. The summed E-state index contributed by atoms with van der Waals surface area (Å²) >= 11 is 0. The van der Waals surface area contributed by atoms with Gasteiger partial charge in [0.15, 0.2) is 5.82 Å². The summed E-state index contributed by atoms with van der Waals surface area (Å²) < 4.78 is 7.45. The first-order chi connectivity index (χ1) is 16.5. The number of amides is 2. The van der Waals surface area contributed by atoms with Crippen molar-refractivity contribution in [2.75, 3.05) is 0 Å². The third kappa shape index (κ3) is 6.30. The van der Waals surface area contributed by atoms with E-state index >= 15 is 0 Å². The number of benzene rings is 1. The van der Waals surface area contributed by atoms with Gasteiger partial charge in [-0.3, -0.25) is 9.59 Å². The van der Waals surface area contributed by atoms with E-state index in [2.05, 4.69) is 37.9 Å². The summed E-state index contributed by atoms with van der Waals surface area (Å²) in [5.41, 5.74) is 1.61. The zero-order valence-electron chi connectivity index (χ0n) is 19.6. The highest BCUT2D eigenvalue weighted by Gasteiger charge is 2.38. The van der Waals surface area contributed by atoms with Crippen LogP contribution in [0.2, 0.25) is 0 Å². The van der Waals surface area contributed by atoms with Crippen molar-refractivity contribution in [1.29, 1.82) is 0 Å². The second kappa shape index (κ2) is 11.1. The third-order valence-electron chi connectivity index (χ3n) is 6.24. The van der Waals surface area contributed by atoms with Gasteiger partial charge in [0.05, 0.1) is 6.33 Å². The van der Waals surface area contributed by atoms with E-state index in [-0.39, 0.29) is 18.2 Å². The van der Waals surface area contributed by atoms with E-state index in [1.165, 1.54) is 6.92 Å². The van der Waals surface area contributed by atoms with Crippen molar-refractivity contribution in [2.45, 2.75) is 76.9 Å². The van der Waals surface area contributed by atoms with Gasteiger partial charge < -0.3 is 19.7 Å². The van der Waals surface area contributed by atoms with Crippen molar-refractivity contribution in [2.24, 2.45) is 0 Å². The van der Waals surface area contributed by atoms with Crippen molar-refractivity contribution >= 4 is 11.8 Å². The summed E-state index contributed by atoms with van der Waals surface area (Å²) in [5.74, 6) is 0.767. The van der Waals surface area contributed by atoms with E-state index in [9.17, 15) is 9.59 Å². The van der Waals surface area contributed by atoms with Crippen LogP contribution in [0, 0.1) is 0 Å². The van der Waals surface area contributed by atoms with E-state index in [1.54, 1.807) is 12.5 Å². The lowest BCUT2D eigenvalue weighted by atomic mass is 9.89. The minimum absolute atomic E-state index is 0.0780. The predicted octanol–water partition coefficient (Wildman–Crippen LogP) is 3.25. The predicted molar refractivity (Wildman–Crippen MR) is 125 cm³/mol. The minimum Gasteiger partial charge on any atom is -0.352 e. The maximum atomic E-state index is 12.4. The van der Waals surface area contributed by atoms with E-state index in [0.717, 1.165) is 56.2 Å². The van der Waals surface area contributed by atoms with Crippen LogP contribution in [-0.2, 0) is 34.6 Å². The van der Waals surface area contributed by atoms with Gasteiger partial charge in [-0.05, 0) is 24.0 Å². The molecule has 0 aliphatic heterocycles. The van der Waals surface area contributed by atoms with Crippen LogP contribution < -0.4 is 10.6 Å². The van der Waals surface area contributed by atoms with Gasteiger partial charge >= 0.3 is 0 Å². The monoisotopic (exact) mass is 464 g/mol. The molecule has 9 nitrogen and oxygen atoms in total. The van der Waals surface area contributed by atoms with Crippen LogP contribution in [0.3, 0.4) is 0 Å². The highest BCUT2D eigenvalue weighted by atomic mass is 16.5. The molecule has 1 fully saturated rings. The van der Waals surface area contributed by atoms with E-state index < -0.39 is 5.54 Å². The van der Waals surface area contributed by atoms with Gasteiger partial charge in [0.2, 0.25) is 17.7 Å². The van der Waals surface area contributed by atoms with Crippen LogP contribution in [0.15, 0.2) is 47.5 Å². The van der Waals surface area contributed by atoms with Gasteiger partial charge in [-0.15, -0.1) is 0 Å². The quantitative estimate of drug-likeness (QED) is 0.470. The molecular formula is C25H32N6O3. The fourth-order valence-electron chi connectivity index (χ4n) is 4.56. The summed E-state index contributed by atoms with van der Waals surface area (Å²) in [7, 11) is 0. The molecule has 0 unspecified atom stereocenters. The first-order valence-electron chi connectivity index (χ1n) is 11.9. The second-order valence-electron chi connectivity index (χ2n) is 9.02. The molecule has 0 bridgehead atoms. The molecule has 2 heterocycles. The average molecular weight is 465 g/mol. The molecule has 1 aromatic carbocycles. The number of hydrogen-bond donors (Lipinski definition) is 2. The van der Waals surface area contributed by atoms with Gasteiger partial charge in [-0.25, -0.2) is 4.98 Å². The standard InChI is InChI=1S/C25H32N6O3/c1-19(32)29-25(11-4-2-3-5-12-25)24-28-23(34-30-24)10-9-22(33)27-16-20-7-6-8-21(15-20)17-31-14-13-26-18-31/h6-8,13-15,18H,2-5,9-12,16-17H2,1H3,(H,27,33)(H,29,32). The number of rotatable bonds is 9. The molecule has 1 saturated carbocycles. The Kier molecular flexibility index (Phi) is 7.72. The molecule has 0 atom stereocenters. The second-order valence-corrected chi connectivity index (χ2v) is 9.02. The molecule has 0 saturated heterocycles. The minimum atomic E-state index is -0.575. The summed E-state index contributed by atoms with van der Waals surface area (Å²) in [6, 6.07) is 8.13. The van der Waals surface area contributed by atoms with Crippen LogP contribution in [0.25, 0.3) is 0 Å². The SMILES string of the molecule is CC(=O)NC1(c2noc(CCC(=O)NCc3cccc(Cn4ccnc4)c3)n2)CCCCCC1. The highest BCUT2D eigenvalue weighted by molar-refractivity contribution is 5.76. The van der Waals surface area contributed by atoms with Gasteiger partial charge in [0, 0.05) is 45.2 Å². The number of nitrogens with one attached hydrogen (secondary N) is 2. The largest absolute Gasteiger partial charge is 0.352 e. The Balaban J connectivity index is 1.29. The number of aromatic nitrogens is 4. The maximum absolute atomic E-state index is 12.4. The number of aryl methyl sites for hydroxylation is 1. The number of carbonyl (C=O) groups is 2. The van der Waals surface area contributed by atoms with Crippen LogP contribution in [0.5, 0.6) is 0 Å². The van der Waals surface area contributed by atoms with Crippen molar-refractivity contribution < 1.29 is 14.1 Å². The number of nitrogens with zero attached hydrogens (tertiary/aromatic N) is 4. The molecule has 2 amide bonds. The number of hydrogen-bond acceptors (Lipinski definition) is 6. The normalized spacial score (nSPS) is 15.4. The van der Waals surface area contributed by atoms with E-state index in [0.29, 0.717) is 24.7 Å². The van der Waals surface area contributed by atoms with Gasteiger partial charge in [-0.1, -0.05) is 55.1 Å². The lowest BCUT2D eigenvalue weighted by molar-refractivity contribution is -0.122. The smallest absolute Gasteiger partial charge is 0.227 e. The number of carbonyl (C=O) groups excluding carboxylic acids is 2. The van der Waals surface area contributed by atoms with Crippen molar-refractivity contribution in [3.63, 3.8) is 0 Å². The first kappa shape index (κ1) is 23.7. The Labute approximate surface area is 199 Å². The molecular weight excluding hydrogens is 432 g/mol. The van der Waals surface area contributed by atoms with Crippen LogP contribution >= 0.6 is 0 Å². The van der Waals surface area contributed by atoms with Gasteiger partial charge in [0.25, 0.3) is 0 Å². The average Bonchev–Trinajstić information content (AvgIpc) is 3.46. The fraction of sp³-hybridized carbons (Fsp3) is 0.480. The van der Waals surface area contributed by atoms with E-state index in [1.807, 2.05) is 22.9 Å². The topological polar surface area (TPSA) is 115 Å². The summed E-state index contributed by atoms with van der Waals surface area (Å²) in [5, 5.41) is 10.2. The zero-order chi connectivity index (χ0) is 23.8. The summed E-state index contributed by atoms with van der Waals surface area (Å²) in [6.07, 6.45) is 12.0. The summed E-state index contributed by atoms with van der Waals surface area (Å²) in [6.45, 7) is 2.71. The van der Waals surface area contributed by atoms with Crippen LogP contribution in [-0.4, -0.2) is 31.5 Å². The maximum Gasteiger partial charge on any atom is 0.227 e. The first-order valence-corrected chi connectivity index (χ1v) is 11.9. The molecule has 9 heteroatoms. The van der Waals surface area contributed by atoms with E-state index in [4.69, 9.17) is 4.52 Å². The fourth-order valence-corrected chi connectivity index (χ4v) is 4.56. The molecule has 0 spiro atoms. The van der Waals surface area contributed by atoms with Gasteiger partial charge in [0.1, 0.15) is 5.54 Å². The van der Waals surface area contributed by atoms with Crippen molar-refractivity contribution in [3.8, 4) is 0 Å². The van der Waals surface area contributed by atoms with Crippen LogP contribution in [0.1, 0.15) is 74.7 Å². The highest BCUT2D eigenvalue weighted by Crippen LogP contribution is 2.34. The molecule has 2 N–H and O–H groups in total. The molecule has 1 aliphatic carbocycles. The molecule has 0 radical (unpaired) electrons. The summed E-state index contributed by atoms with van der Waals surface area (Å²) in [4.78, 5) is 32.9. The number of imidazole rings is 1. The van der Waals surface area contributed by atoms with Crippen molar-refractivity contribution in [3.05, 3.63) is 65.8 Å². The Morgan fingerprint density at radius 1 is 1.15 bits per heavy atom. The van der Waals surface area contributed by atoms with Gasteiger partial charge in [-0.2, -0.15) is 4.98 Å². The Hall–Kier alpha value is -3.49.